The zero-order valence-electron chi connectivity index (χ0n) is 14.6. The second kappa shape index (κ2) is 8.82. The van der Waals surface area contributed by atoms with E-state index in [1.165, 1.54) is 11.3 Å². The van der Waals surface area contributed by atoms with Gasteiger partial charge in [0.1, 0.15) is 0 Å². The third kappa shape index (κ3) is 4.83. The summed E-state index contributed by atoms with van der Waals surface area (Å²) in [4.78, 5) is 24.9. The Morgan fingerprint density at radius 3 is 2.26 bits per heavy atom. The normalized spacial score (nSPS) is 10.1. The molecule has 0 unspecified atom stereocenters. The van der Waals surface area contributed by atoms with Crippen LogP contribution in [0.4, 0.5) is 16.2 Å². The van der Waals surface area contributed by atoms with E-state index in [0.717, 1.165) is 11.1 Å². The van der Waals surface area contributed by atoms with Crippen LogP contribution in [0.25, 0.3) is 11.1 Å². The number of hydrogen-bond acceptors (Lipinski definition) is 3. The molecule has 3 rings (SSSR count). The van der Waals surface area contributed by atoms with Crippen LogP contribution in [0.2, 0.25) is 0 Å². The van der Waals surface area contributed by atoms with Crippen molar-refractivity contribution < 1.29 is 9.59 Å². The SMILES string of the molecule is C=CCNC(=O)Nc1ccc(NC(=O)c2sccc2-c2ccccc2)cc1. The molecule has 1 heterocycles. The number of hydrogen-bond donors (Lipinski definition) is 3. The van der Waals surface area contributed by atoms with Gasteiger partial charge in [-0.2, -0.15) is 0 Å². The maximum atomic E-state index is 12.7. The van der Waals surface area contributed by atoms with Crippen LogP contribution in [0.15, 0.2) is 78.7 Å². The Bertz CT molecular complexity index is 934. The summed E-state index contributed by atoms with van der Waals surface area (Å²) in [6, 6.07) is 18.4. The lowest BCUT2D eigenvalue weighted by Crippen LogP contribution is -2.28. The van der Waals surface area contributed by atoms with Crippen LogP contribution < -0.4 is 16.0 Å². The van der Waals surface area contributed by atoms with Crippen molar-refractivity contribution in [1.29, 1.82) is 0 Å². The second-order valence-electron chi connectivity index (χ2n) is 5.68. The van der Waals surface area contributed by atoms with Gasteiger partial charge in [0.2, 0.25) is 0 Å². The van der Waals surface area contributed by atoms with Crippen molar-refractivity contribution in [2.24, 2.45) is 0 Å². The first-order chi connectivity index (χ1) is 13.2. The van der Waals surface area contributed by atoms with Gasteiger partial charge in [-0.25, -0.2) is 4.79 Å². The smallest absolute Gasteiger partial charge is 0.319 e. The molecule has 0 bridgehead atoms. The highest BCUT2D eigenvalue weighted by atomic mass is 32.1. The fourth-order valence-electron chi connectivity index (χ4n) is 2.50. The fraction of sp³-hybridized carbons (Fsp3) is 0.0476. The van der Waals surface area contributed by atoms with Gasteiger partial charge < -0.3 is 16.0 Å². The molecular formula is C21H19N3O2S. The van der Waals surface area contributed by atoms with E-state index in [1.807, 2.05) is 41.8 Å². The van der Waals surface area contributed by atoms with Crippen molar-refractivity contribution in [2.45, 2.75) is 0 Å². The largest absolute Gasteiger partial charge is 0.334 e. The number of carbonyl (C=O) groups is 2. The predicted octanol–water partition coefficient (Wildman–Crippen LogP) is 4.97. The first kappa shape index (κ1) is 18.4. The maximum Gasteiger partial charge on any atom is 0.319 e. The lowest BCUT2D eigenvalue weighted by atomic mass is 10.1. The molecule has 6 heteroatoms. The first-order valence-electron chi connectivity index (χ1n) is 8.37. The van der Waals surface area contributed by atoms with E-state index in [4.69, 9.17) is 0 Å². The molecule has 0 saturated carbocycles. The molecule has 0 spiro atoms. The quantitative estimate of drug-likeness (QED) is 0.531. The average molecular weight is 377 g/mol. The van der Waals surface area contributed by atoms with Gasteiger partial charge in [-0.05, 0) is 41.3 Å². The van der Waals surface area contributed by atoms with E-state index in [2.05, 4.69) is 22.5 Å². The van der Waals surface area contributed by atoms with Crippen LogP contribution in [0.5, 0.6) is 0 Å². The number of carbonyl (C=O) groups excluding carboxylic acids is 2. The van der Waals surface area contributed by atoms with Gasteiger partial charge in [0.05, 0.1) is 4.88 Å². The molecule has 0 aliphatic rings. The lowest BCUT2D eigenvalue weighted by Gasteiger charge is -2.09. The van der Waals surface area contributed by atoms with E-state index in [9.17, 15) is 9.59 Å². The molecule has 1 aromatic heterocycles. The van der Waals surface area contributed by atoms with E-state index in [0.29, 0.717) is 22.8 Å². The number of urea groups is 1. The lowest BCUT2D eigenvalue weighted by molar-refractivity contribution is 0.103. The van der Waals surface area contributed by atoms with Gasteiger partial charge >= 0.3 is 6.03 Å². The highest BCUT2D eigenvalue weighted by Crippen LogP contribution is 2.29. The monoisotopic (exact) mass is 377 g/mol. The van der Waals surface area contributed by atoms with Crippen LogP contribution in [0, 0.1) is 0 Å². The van der Waals surface area contributed by atoms with Crippen LogP contribution in [0.1, 0.15) is 9.67 Å². The van der Waals surface area contributed by atoms with Crippen molar-refractivity contribution in [3.8, 4) is 11.1 Å². The summed E-state index contributed by atoms with van der Waals surface area (Å²) >= 11 is 1.41. The Labute approximate surface area is 161 Å². The molecule has 2 aromatic carbocycles. The standard InChI is InChI=1S/C21H19N3O2S/c1-2-13-22-21(26)24-17-10-8-16(9-11-17)23-20(25)19-18(12-14-27-19)15-6-4-3-5-7-15/h2-12,14H,1,13H2,(H,23,25)(H2,22,24,26). The molecule has 136 valence electrons. The summed E-state index contributed by atoms with van der Waals surface area (Å²) in [5, 5.41) is 10.1. The van der Waals surface area contributed by atoms with Crippen molar-refractivity contribution in [3.63, 3.8) is 0 Å². The minimum absolute atomic E-state index is 0.159. The zero-order valence-corrected chi connectivity index (χ0v) is 15.4. The Morgan fingerprint density at radius 2 is 1.59 bits per heavy atom. The minimum Gasteiger partial charge on any atom is -0.334 e. The molecule has 0 saturated heterocycles. The van der Waals surface area contributed by atoms with E-state index in [1.54, 1.807) is 30.3 Å². The van der Waals surface area contributed by atoms with Crippen molar-refractivity contribution in [1.82, 2.24) is 5.32 Å². The molecule has 0 aliphatic carbocycles. The molecule has 27 heavy (non-hydrogen) atoms. The predicted molar refractivity (Wildman–Crippen MR) is 111 cm³/mol. The van der Waals surface area contributed by atoms with Crippen molar-refractivity contribution in [2.75, 3.05) is 17.2 Å². The van der Waals surface area contributed by atoms with E-state index >= 15 is 0 Å². The number of amides is 3. The van der Waals surface area contributed by atoms with Gasteiger partial charge in [-0.15, -0.1) is 17.9 Å². The van der Waals surface area contributed by atoms with Gasteiger partial charge in [-0.3, -0.25) is 4.79 Å². The van der Waals surface area contributed by atoms with Gasteiger partial charge in [0.25, 0.3) is 5.91 Å². The molecule has 3 N–H and O–H groups in total. The molecule has 0 fully saturated rings. The number of benzene rings is 2. The summed E-state index contributed by atoms with van der Waals surface area (Å²) in [5.41, 5.74) is 3.21. The Kier molecular flexibility index (Phi) is 6.02. The first-order valence-corrected chi connectivity index (χ1v) is 9.25. The number of thiophene rings is 1. The fourth-order valence-corrected chi connectivity index (χ4v) is 3.31. The number of anilines is 2. The van der Waals surface area contributed by atoms with Crippen LogP contribution in [-0.2, 0) is 0 Å². The summed E-state index contributed by atoms with van der Waals surface area (Å²) < 4.78 is 0. The van der Waals surface area contributed by atoms with Gasteiger partial charge in [0.15, 0.2) is 0 Å². The molecule has 0 radical (unpaired) electrons. The average Bonchev–Trinajstić information content (AvgIpc) is 3.18. The summed E-state index contributed by atoms with van der Waals surface area (Å²) in [6.07, 6.45) is 1.60. The summed E-state index contributed by atoms with van der Waals surface area (Å²) in [5.74, 6) is -0.159. The third-order valence-electron chi connectivity index (χ3n) is 3.76. The topological polar surface area (TPSA) is 70.2 Å². The Hall–Kier alpha value is -3.38. The maximum absolute atomic E-state index is 12.7. The summed E-state index contributed by atoms with van der Waals surface area (Å²) in [6.45, 7) is 3.94. The molecule has 3 aromatic rings. The second-order valence-corrected chi connectivity index (χ2v) is 6.60. The zero-order chi connectivity index (χ0) is 19.1. The molecule has 0 atom stereocenters. The highest BCUT2D eigenvalue weighted by Gasteiger charge is 2.14. The van der Waals surface area contributed by atoms with E-state index in [-0.39, 0.29) is 11.9 Å². The molecule has 0 aliphatic heterocycles. The Balaban J connectivity index is 1.66. The minimum atomic E-state index is -0.308. The molecular weight excluding hydrogens is 358 g/mol. The highest BCUT2D eigenvalue weighted by molar-refractivity contribution is 7.12. The number of nitrogens with one attached hydrogen (secondary N) is 3. The number of rotatable bonds is 6. The summed E-state index contributed by atoms with van der Waals surface area (Å²) in [7, 11) is 0. The van der Waals surface area contributed by atoms with E-state index < -0.39 is 0 Å². The van der Waals surface area contributed by atoms with Crippen molar-refractivity contribution in [3.05, 3.63) is 83.6 Å². The van der Waals surface area contributed by atoms with Crippen LogP contribution >= 0.6 is 11.3 Å². The third-order valence-corrected chi connectivity index (χ3v) is 4.68. The van der Waals surface area contributed by atoms with Crippen molar-refractivity contribution >= 4 is 34.6 Å². The van der Waals surface area contributed by atoms with Crippen LogP contribution in [0.3, 0.4) is 0 Å². The Morgan fingerprint density at radius 1 is 0.926 bits per heavy atom. The van der Waals surface area contributed by atoms with Gasteiger partial charge in [0, 0.05) is 23.5 Å². The van der Waals surface area contributed by atoms with Gasteiger partial charge in [-0.1, -0.05) is 36.4 Å². The van der Waals surface area contributed by atoms with Crippen LogP contribution in [-0.4, -0.2) is 18.5 Å². The molecule has 3 amide bonds. The molecule has 5 nitrogen and oxygen atoms in total.